The van der Waals surface area contributed by atoms with E-state index >= 15 is 0 Å². The number of rotatable bonds is 11. The number of furan rings is 1. The Morgan fingerprint density at radius 1 is 1.08 bits per heavy atom. The average molecular weight is 365 g/mol. The zero-order chi connectivity index (χ0) is 19.9. The van der Waals surface area contributed by atoms with E-state index in [2.05, 4.69) is 19.9 Å². The Morgan fingerprint density at radius 2 is 1.81 bits per heavy atom. The normalized spacial score (nSPS) is 10.2. The Bertz CT molecular complexity index is 458. The highest BCUT2D eigenvalue weighted by molar-refractivity contribution is 5.75. The Hall–Kier alpha value is -1.94. The molecule has 1 aromatic heterocycles. The minimum absolute atomic E-state index is 0.00694. The molecule has 1 aromatic rings. The molecule has 0 bridgehead atoms. The van der Waals surface area contributed by atoms with Crippen LogP contribution in [0.1, 0.15) is 77.9 Å². The first-order valence-electron chi connectivity index (χ1n) is 9.51. The number of Topliss-reactive ketones (excluding diaryl/α,β-unsaturated/α-hetero) is 1. The van der Waals surface area contributed by atoms with Crippen molar-refractivity contribution in [1.29, 1.82) is 0 Å². The standard InChI is InChI=1S/C9H14O.C8H16O.C5H6O2/c1-2-3-4-5-6-7-8-9-10;1-3-4-5-6-7-8(2)9;6-4-5-2-1-3-7-5/h5-9H,2-4H2,1H3;3-7H2,1-2H3;1-3,6H,4H2/b6-5+,8-7+;;. The van der Waals surface area contributed by atoms with Crippen molar-refractivity contribution in [2.75, 3.05) is 0 Å². The highest BCUT2D eigenvalue weighted by Gasteiger charge is 1.91. The molecule has 0 radical (unpaired) electrons. The van der Waals surface area contributed by atoms with Crippen molar-refractivity contribution in [3.05, 3.63) is 48.5 Å². The maximum atomic E-state index is 10.4. The second kappa shape index (κ2) is 23.1. The van der Waals surface area contributed by atoms with E-state index in [-0.39, 0.29) is 6.61 Å². The lowest BCUT2D eigenvalue weighted by atomic mass is 10.1. The predicted molar refractivity (Wildman–Crippen MR) is 108 cm³/mol. The molecule has 0 spiro atoms. The van der Waals surface area contributed by atoms with Crippen LogP contribution in [-0.4, -0.2) is 17.2 Å². The van der Waals surface area contributed by atoms with Gasteiger partial charge in [-0.15, -0.1) is 0 Å². The zero-order valence-corrected chi connectivity index (χ0v) is 16.7. The van der Waals surface area contributed by atoms with Crippen LogP contribution in [0.25, 0.3) is 0 Å². The fourth-order valence-electron chi connectivity index (χ4n) is 1.81. The van der Waals surface area contributed by atoms with Gasteiger partial charge in [-0.1, -0.05) is 64.2 Å². The minimum Gasteiger partial charge on any atom is -0.467 e. The van der Waals surface area contributed by atoms with Gasteiger partial charge in [0.05, 0.1) is 6.26 Å². The third kappa shape index (κ3) is 24.3. The van der Waals surface area contributed by atoms with Gasteiger partial charge in [-0.25, -0.2) is 0 Å². The maximum absolute atomic E-state index is 10.4. The fraction of sp³-hybridized carbons (Fsp3) is 0.545. The first kappa shape index (κ1) is 26.3. The molecule has 0 fully saturated rings. The summed E-state index contributed by atoms with van der Waals surface area (Å²) in [6, 6.07) is 3.46. The van der Waals surface area contributed by atoms with E-state index in [0.29, 0.717) is 11.5 Å². The minimum atomic E-state index is -0.00694. The Balaban J connectivity index is 0. The van der Waals surface area contributed by atoms with Crippen LogP contribution in [-0.2, 0) is 16.2 Å². The van der Waals surface area contributed by atoms with Crippen molar-refractivity contribution in [1.82, 2.24) is 0 Å². The summed E-state index contributed by atoms with van der Waals surface area (Å²) in [6.07, 6.45) is 18.7. The van der Waals surface area contributed by atoms with Gasteiger partial charge in [0.25, 0.3) is 0 Å². The van der Waals surface area contributed by atoms with Gasteiger partial charge >= 0.3 is 0 Å². The summed E-state index contributed by atoms with van der Waals surface area (Å²) in [7, 11) is 0. The van der Waals surface area contributed by atoms with Crippen molar-refractivity contribution < 1.29 is 19.1 Å². The molecule has 4 nitrogen and oxygen atoms in total. The molecule has 0 aromatic carbocycles. The number of hydrogen-bond acceptors (Lipinski definition) is 4. The molecular weight excluding hydrogens is 328 g/mol. The molecule has 1 rings (SSSR count). The molecule has 0 aliphatic carbocycles. The van der Waals surface area contributed by atoms with Crippen molar-refractivity contribution in [2.45, 2.75) is 78.7 Å². The summed E-state index contributed by atoms with van der Waals surface area (Å²) in [5, 5.41) is 8.33. The molecule has 0 aliphatic rings. The SMILES string of the molecule is CCCC/C=C/C=C/C=O.CCCCCCC(C)=O.OCc1ccco1. The second-order valence-electron chi connectivity index (χ2n) is 5.84. The van der Waals surface area contributed by atoms with Crippen LogP contribution in [0, 0.1) is 0 Å². The molecular formula is C22H36O4. The van der Waals surface area contributed by atoms with Crippen molar-refractivity contribution >= 4 is 12.1 Å². The van der Waals surface area contributed by atoms with Crippen LogP contribution in [0.5, 0.6) is 0 Å². The van der Waals surface area contributed by atoms with Crippen molar-refractivity contribution in [3.63, 3.8) is 0 Å². The zero-order valence-electron chi connectivity index (χ0n) is 16.7. The lowest BCUT2D eigenvalue weighted by Crippen LogP contribution is -1.88. The van der Waals surface area contributed by atoms with Crippen LogP contribution >= 0.6 is 0 Å². The van der Waals surface area contributed by atoms with Crippen LogP contribution in [0.4, 0.5) is 0 Å². The van der Waals surface area contributed by atoms with Crippen molar-refractivity contribution in [2.24, 2.45) is 0 Å². The number of unbranched alkanes of at least 4 members (excludes halogenated alkanes) is 5. The quantitative estimate of drug-likeness (QED) is 0.233. The van der Waals surface area contributed by atoms with Crippen molar-refractivity contribution in [3.8, 4) is 0 Å². The van der Waals surface area contributed by atoms with Crippen LogP contribution in [0.15, 0.2) is 47.1 Å². The lowest BCUT2D eigenvalue weighted by molar-refractivity contribution is -0.117. The van der Waals surface area contributed by atoms with Gasteiger partial charge in [0, 0.05) is 6.42 Å². The molecule has 0 unspecified atom stereocenters. The number of carbonyl (C=O) groups excluding carboxylic acids is 2. The van der Waals surface area contributed by atoms with E-state index in [1.807, 2.05) is 6.08 Å². The number of allylic oxidation sites excluding steroid dienone is 4. The number of carbonyl (C=O) groups is 2. The number of aldehydes is 1. The third-order valence-corrected chi connectivity index (χ3v) is 3.28. The largest absolute Gasteiger partial charge is 0.467 e. The molecule has 4 heteroatoms. The topological polar surface area (TPSA) is 67.5 Å². The van der Waals surface area contributed by atoms with E-state index in [1.54, 1.807) is 25.1 Å². The molecule has 1 N–H and O–H groups in total. The average Bonchev–Trinajstić information content (AvgIpc) is 3.17. The number of ketones is 1. The lowest BCUT2D eigenvalue weighted by Gasteiger charge is -1.93. The van der Waals surface area contributed by atoms with Gasteiger partial charge < -0.3 is 14.3 Å². The molecule has 0 saturated heterocycles. The monoisotopic (exact) mass is 364 g/mol. The first-order chi connectivity index (χ1) is 12.6. The summed E-state index contributed by atoms with van der Waals surface area (Å²) in [6.45, 7) is 5.99. The summed E-state index contributed by atoms with van der Waals surface area (Å²) in [4.78, 5) is 20.2. The number of aliphatic hydroxyl groups excluding tert-OH is 1. The van der Waals surface area contributed by atoms with E-state index in [1.165, 1.54) is 44.4 Å². The summed E-state index contributed by atoms with van der Waals surface area (Å²) in [5.74, 6) is 0.936. The first-order valence-corrected chi connectivity index (χ1v) is 9.51. The summed E-state index contributed by atoms with van der Waals surface area (Å²) < 4.78 is 4.73. The van der Waals surface area contributed by atoms with Crippen LogP contribution < -0.4 is 0 Å². The highest BCUT2D eigenvalue weighted by Crippen LogP contribution is 2.02. The molecule has 0 amide bonds. The number of aliphatic hydroxyl groups is 1. The van der Waals surface area contributed by atoms with Gasteiger partial charge in [0.2, 0.25) is 0 Å². The van der Waals surface area contributed by atoms with E-state index < -0.39 is 0 Å². The van der Waals surface area contributed by atoms with Crippen LogP contribution in [0.2, 0.25) is 0 Å². The van der Waals surface area contributed by atoms with Gasteiger partial charge in [0.15, 0.2) is 0 Å². The van der Waals surface area contributed by atoms with E-state index in [0.717, 1.165) is 25.5 Å². The molecule has 0 atom stereocenters. The van der Waals surface area contributed by atoms with Gasteiger partial charge in [-0.2, -0.15) is 0 Å². The summed E-state index contributed by atoms with van der Waals surface area (Å²) in [5.41, 5.74) is 0. The van der Waals surface area contributed by atoms with Gasteiger partial charge in [0.1, 0.15) is 24.4 Å². The van der Waals surface area contributed by atoms with E-state index in [9.17, 15) is 9.59 Å². The number of hydrogen-bond donors (Lipinski definition) is 1. The molecule has 0 saturated carbocycles. The second-order valence-corrected chi connectivity index (χ2v) is 5.84. The Labute approximate surface area is 159 Å². The van der Waals surface area contributed by atoms with Gasteiger partial charge in [-0.3, -0.25) is 4.79 Å². The Morgan fingerprint density at radius 3 is 2.27 bits per heavy atom. The summed E-state index contributed by atoms with van der Waals surface area (Å²) >= 11 is 0. The predicted octanol–water partition coefficient (Wildman–Crippen LogP) is 5.81. The van der Waals surface area contributed by atoms with Gasteiger partial charge in [-0.05, 0) is 38.0 Å². The van der Waals surface area contributed by atoms with E-state index in [4.69, 9.17) is 9.52 Å². The highest BCUT2D eigenvalue weighted by atomic mass is 16.4. The third-order valence-electron chi connectivity index (χ3n) is 3.28. The smallest absolute Gasteiger partial charge is 0.142 e. The molecule has 148 valence electrons. The Kier molecular flexibility index (Phi) is 23.3. The molecule has 1 heterocycles. The molecule has 0 aliphatic heterocycles. The van der Waals surface area contributed by atoms with Crippen LogP contribution in [0.3, 0.4) is 0 Å². The fourth-order valence-corrected chi connectivity index (χ4v) is 1.81. The maximum Gasteiger partial charge on any atom is 0.142 e. The molecule has 26 heavy (non-hydrogen) atoms.